The summed E-state index contributed by atoms with van der Waals surface area (Å²) in [6.45, 7) is 5.86. The third-order valence-electron chi connectivity index (χ3n) is 3.16. The zero-order valence-corrected chi connectivity index (χ0v) is 12.5. The number of allylic oxidation sites excluding steroid dienone is 2. The molecule has 2 rings (SSSR count). The van der Waals surface area contributed by atoms with Crippen molar-refractivity contribution < 1.29 is 14.3 Å². The van der Waals surface area contributed by atoms with E-state index in [1.807, 2.05) is 20.8 Å². The summed E-state index contributed by atoms with van der Waals surface area (Å²) in [5, 5.41) is 0.348. The lowest BCUT2D eigenvalue weighted by Crippen LogP contribution is -2.27. The molecule has 0 aromatic carbocycles. The number of ketones is 1. The molecule has 1 aromatic rings. The summed E-state index contributed by atoms with van der Waals surface area (Å²) < 4.78 is 5.24. The number of ether oxygens (including phenoxy) is 1. The van der Waals surface area contributed by atoms with Gasteiger partial charge in [0.15, 0.2) is 11.5 Å². The summed E-state index contributed by atoms with van der Waals surface area (Å²) in [5.74, 6) is -0.584. The molecule has 0 aliphatic heterocycles. The van der Waals surface area contributed by atoms with Crippen molar-refractivity contribution >= 4 is 23.4 Å². The molecule has 0 spiro atoms. The number of aromatic nitrogens is 1. The van der Waals surface area contributed by atoms with Crippen molar-refractivity contribution in [1.29, 1.82) is 0 Å². The Morgan fingerprint density at radius 2 is 2.05 bits per heavy atom. The van der Waals surface area contributed by atoms with Crippen LogP contribution in [0.5, 0.6) is 0 Å². The van der Waals surface area contributed by atoms with Crippen molar-refractivity contribution in [1.82, 2.24) is 4.98 Å². The number of carbonyl (C=O) groups excluding carboxylic acids is 2. The van der Waals surface area contributed by atoms with E-state index in [2.05, 4.69) is 4.98 Å². The molecule has 5 heteroatoms. The van der Waals surface area contributed by atoms with E-state index >= 15 is 0 Å². The topological polar surface area (TPSA) is 56.3 Å². The third kappa shape index (κ3) is 3.25. The zero-order valence-electron chi connectivity index (χ0n) is 11.7. The van der Waals surface area contributed by atoms with E-state index in [0.717, 1.165) is 12.0 Å². The summed E-state index contributed by atoms with van der Waals surface area (Å²) >= 11 is 5.78. The van der Waals surface area contributed by atoms with Crippen LogP contribution in [0.4, 0.5) is 0 Å². The number of hydrogen-bond acceptors (Lipinski definition) is 4. The maximum absolute atomic E-state index is 12.1. The molecule has 0 saturated heterocycles. The molecular weight excluding hydrogens is 278 g/mol. The molecule has 0 fully saturated rings. The molecular formula is C15H16ClNO3. The first-order valence-electron chi connectivity index (χ1n) is 6.34. The van der Waals surface area contributed by atoms with Gasteiger partial charge in [0.1, 0.15) is 0 Å². The van der Waals surface area contributed by atoms with Crippen molar-refractivity contribution in [2.24, 2.45) is 5.41 Å². The molecule has 1 aliphatic rings. The van der Waals surface area contributed by atoms with Gasteiger partial charge in [0.25, 0.3) is 0 Å². The highest BCUT2D eigenvalue weighted by molar-refractivity contribution is 6.30. The maximum Gasteiger partial charge on any atom is 0.345 e. The van der Waals surface area contributed by atoms with Gasteiger partial charge in [0, 0.05) is 18.8 Å². The summed E-state index contributed by atoms with van der Waals surface area (Å²) in [6, 6.07) is 1.46. The van der Waals surface area contributed by atoms with Crippen LogP contribution in [0.1, 0.15) is 44.0 Å². The smallest absolute Gasteiger partial charge is 0.345 e. The van der Waals surface area contributed by atoms with Gasteiger partial charge in [0.2, 0.25) is 0 Å². The maximum atomic E-state index is 12.1. The van der Waals surface area contributed by atoms with E-state index in [1.165, 1.54) is 18.5 Å². The van der Waals surface area contributed by atoms with Crippen LogP contribution >= 0.6 is 11.6 Å². The summed E-state index contributed by atoms with van der Waals surface area (Å²) in [6.07, 6.45) is 3.90. The summed E-state index contributed by atoms with van der Waals surface area (Å²) in [4.78, 5) is 27.9. The standard InChI is InChI=1S/C15H16ClNO3/c1-9-5-15(2,3)6-12(18)13(9)20-14(19)10-4-11(16)8-17-7-10/h4,7-8H,5-6H2,1-3H3. The molecule has 0 atom stereocenters. The molecule has 4 nitrogen and oxygen atoms in total. The number of esters is 1. The molecule has 1 heterocycles. The fraction of sp³-hybridized carbons (Fsp3) is 0.400. The first-order chi connectivity index (χ1) is 9.28. The normalized spacial score (nSPS) is 18.1. The molecule has 20 heavy (non-hydrogen) atoms. The third-order valence-corrected chi connectivity index (χ3v) is 3.37. The quantitative estimate of drug-likeness (QED) is 0.782. The largest absolute Gasteiger partial charge is 0.419 e. The van der Waals surface area contributed by atoms with E-state index in [9.17, 15) is 9.59 Å². The van der Waals surface area contributed by atoms with Crippen LogP contribution in [0.15, 0.2) is 29.8 Å². The minimum absolute atomic E-state index is 0.0886. The monoisotopic (exact) mass is 293 g/mol. The molecule has 0 unspecified atom stereocenters. The van der Waals surface area contributed by atoms with Gasteiger partial charge < -0.3 is 4.74 Å². The van der Waals surface area contributed by atoms with Gasteiger partial charge in [-0.3, -0.25) is 9.78 Å². The number of pyridine rings is 1. The van der Waals surface area contributed by atoms with Gasteiger partial charge >= 0.3 is 5.97 Å². The number of halogens is 1. The zero-order chi connectivity index (χ0) is 14.9. The molecule has 0 saturated carbocycles. The van der Waals surface area contributed by atoms with Crippen LogP contribution < -0.4 is 0 Å². The predicted molar refractivity (Wildman–Crippen MR) is 75.4 cm³/mol. The minimum atomic E-state index is -0.609. The minimum Gasteiger partial charge on any atom is -0.419 e. The molecule has 1 aromatic heterocycles. The van der Waals surface area contributed by atoms with Crippen LogP contribution in [-0.4, -0.2) is 16.7 Å². The van der Waals surface area contributed by atoms with Crippen LogP contribution in [0, 0.1) is 5.41 Å². The Labute approximate surface area is 122 Å². The lowest BCUT2D eigenvalue weighted by molar-refractivity contribution is -0.121. The SMILES string of the molecule is CC1=C(OC(=O)c2cncc(Cl)c2)C(=O)CC(C)(C)C1. The second kappa shape index (κ2) is 5.37. The lowest BCUT2D eigenvalue weighted by atomic mass is 9.76. The lowest BCUT2D eigenvalue weighted by Gasteiger charge is -2.30. The molecule has 0 N–H and O–H groups in total. The van der Waals surface area contributed by atoms with E-state index in [0.29, 0.717) is 11.4 Å². The van der Waals surface area contributed by atoms with Crippen molar-refractivity contribution in [2.45, 2.75) is 33.6 Å². The number of Topliss-reactive ketones (excluding diaryl/α,β-unsaturated/α-hetero) is 1. The highest BCUT2D eigenvalue weighted by Gasteiger charge is 2.33. The number of carbonyl (C=O) groups is 2. The van der Waals surface area contributed by atoms with Crippen LogP contribution in [0.25, 0.3) is 0 Å². The predicted octanol–water partition coefficient (Wildman–Crippen LogP) is 3.55. The Hall–Kier alpha value is -1.68. The van der Waals surface area contributed by atoms with E-state index in [-0.39, 0.29) is 22.5 Å². The van der Waals surface area contributed by atoms with Crippen LogP contribution in [0.2, 0.25) is 5.02 Å². The second-order valence-corrected chi connectivity index (χ2v) is 6.27. The van der Waals surface area contributed by atoms with Crippen molar-refractivity contribution in [3.8, 4) is 0 Å². The Morgan fingerprint density at radius 1 is 1.35 bits per heavy atom. The fourth-order valence-corrected chi connectivity index (χ4v) is 2.61. The number of hydrogen-bond donors (Lipinski definition) is 0. The first-order valence-corrected chi connectivity index (χ1v) is 6.72. The van der Waals surface area contributed by atoms with Gasteiger partial charge in [-0.25, -0.2) is 4.79 Å². The van der Waals surface area contributed by atoms with Crippen LogP contribution in [-0.2, 0) is 9.53 Å². The summed E-state index contributed by atoms with van der Waals surface area (Å²) in [5.41, 5.74) is 0.944. The molecule has 106 valence electrons. The first kappa shape index (κ1) is 14.7. The number of nitrogens with zero attached hydrogens (tertiary/aromatic N) is 1. The molecule has 0 bridgehead atoms. The Balaban J connectivity index is 2.21. The van der Waals surface area contributed by atoms with E-state index in [4.69, 9.17) is 16.3 Å². The Kier molecular flexibility index (Phi) is 3.95. The second-order valence-electron chi connectivity index (χ2n) is 5.83. The van der Waals surface area contributed by atoms with E-state index < -0.39 is 5.97 Å². The van der Waals surface area contributed by atoms with Crippen molar-refractivity contribution in [3.05, 3.63) is 40.4 Å². The number of rotatable bonds is 2. The van der Waals surface area contributed by atoms with Gasteiger partial charge in [-0.15, -0.1) is 0 Å². The van der Waals surface area contributed by atoms with Crippen LogP contribution in [0.3, 0.4) is 0 Å². The van der Waals surface area contributed by atoms with Gasteiger partial charge in [-0.05, 0) is 30.4 Å². The molecule has 0 radical (unpaired) electrons. The molecule has 1 aliphatic carbocycles. The average Bonchev–Trinajstić information content (AvgIpc) is 2.32. The Bertz CT molecular complexity index is 605. The van der Waals surface area contributed by atoms with Gasteiger partial charge in [0.05, 0.1) is 10.6 Å². The van der Waals surface area contributed by atoms with Gasteiger partial charge in [-0.2, -0.15) is 0 Å². The van der Waals surface area contributed by atoms with E-state index in [1.54, 1.807) is 0 Å². The van der Waals surface area contributed by atoms with Crippen molar-refractivity contribution in [2.75, 3.05) is 0 Å². The molecule has 0 amide bonds. The highest BCUT2D eigenvalue weighted by Crippen LogP contribution is 2.37. The fourth-order valence-electron chi connectivity index (χ4n) is 2.43. The van der Waals surface area contributed by atoms with Gasteiger partial charge in [-0.1, -0.05) is 25.4 Å². The van der Waals surface area contributed by atoms with Crippen molar-refractivity contribution in [3.63, 3.8) is 0 Å². The highest BCUT2D eigenvalue weighted by atomic mass is 35.5. The Morgan fingerprint density at radius 3 is 2.65 bits per heavy atom. The summed E-state index contributed by atoms with van der Waals surface area (Å²) in [7, 11) is 0. The average molecular weight is 294 g/mol.